The van der Waals surface area contributed by atoms with E-state index in [0.717, 1.165) is 27.4 Å². The molecule has 0 saturated heterocycles. The second kappa shape index (κ2) is 8.49. The van der Waals surface area contributed by atoms with Crippen LogP contribution in [0.2, 0.25) is 0 Å². The van der Waals surface area contributed by atoms with Crippen LogP contribution in [0.4, 0.5) is 0 Å². The van der Waals surface area contributed by atoms with E-state index in [4.69, 9.17) is 0 Å². The third kappa shape index (κ3) is 4.49. The quantitative estimate of drug-likeness (QED) is 0.485. The number of aryl methyl sites for hydroxylation is 2. The van der Waals surface area contributed by atoms with Crippen LogP contribution in [0.25, 0.3) is 16.8 Å². The molecule has 1 amide bonds. The first kappa shape index (κ1) is 19.2. The number of amides is 1. The zero-order valence-electron chi connectivity index (χ0n) is 16.4. The minimum absolute atomic E-state index is 0.0171. The van der Waals surface area contributed by atoms with Crippen molar-refractivity contribution < 1.29 is 4.79 Å². The summed E-state index contributed by atoms with van der Waals surface area (Å²) in [6.07, 6.45) is 3.55. The van der Waals surface area contributed by atoms with Crippen LogP contribution in [0.5, 0.6) is 0 Å². The molecule has 0 atom stereocenters. The average molecular weight is 403 g/mol. The lowest BCUT2D eigenvalue weighted by Gasteiger charge is -2.05. The Labute approximate surface area is 174 Å². The molecule has 0 spiro atoms. The maximum Gasteiger partial charge on any atom is 0.230 e. The Kier molecular flexibility index (Phi) is 5.62. The summed E-state index contributed by atoms with van der Waals surface area (Å²) in [5.41, 5.74) is 6.46. The number of aromatic nitrogens is 3. The zero-order valence-corrected chi connectivity index (χ0v) is 17.2. The summed E-state index contributed by atoms with van der Waals surface area (Å²) in [4.78, 5) is 16.7. The molecule has 4 aromatic rings. The van der Waals surface area contributed by atoms with Crippen molar-refractivity contribution in [1.29, 1.82) is 0 Å². The van der Waals surface area contributed by atoms with Gasteiger partial charge in [0, 0.05) is 24.5 Å². The van der Waals surface area contributed by atoms with E-state index < -0.39 is 0 Å². The van der Waals surface area contributed by atoms with Crippen molar-refractivity contribution in [3.63, 3.8) is 0 Å². The predicted molar refractivity (Wildman–Crippen MR) is 117 cm³/mol. The summed E-state index contributed by atoms with van der Waals surface area (Å²) in [6, 6.07) is 18.3. The van der Waals surface area contributed by atoms with Gasteiger partial charge in [-0.3, -0.25) is 4.79 Å². The largest absolute Gasteiger partial charge is 0.351 e. The van der Waals surface area contributed by atoms with E-state index in [1.807, 2.05) is 47.1 Å². The molecule has 5 nitrogen and oxygen atoms in total. The molecule has 0 saturated carbocycles. The van der Waals surface area contributed by atoms with E-state index in [2.05, 4.69) is 47.4 Å². The van der Waals surface area contributed by atoms with Gasteiger partial charge in [-0.05, 0) is 42.7 Å². The van der Waals surface area contributed by atoms with E-state index >= 15 is 0 Å². The molecule has 0 aliphatic carbocycles. The predicted octanol–water partition coefficient (Wildman–Crippen LogP) is 4.42. The summed E-state index contributed by atoms with van der Waals surface area (Å²) >= 11 is 1.42. The SMILES string of the molecule is Cc1ccc(-c2cc3c(SCC(=O)NCc4ccccc4)nccn3n2)cc1C. The number of carbonyl (C=O) groups excluding carboxylic acids is 1. The number of fused-ring (bicyclic) bond motifs is 1. The van der Waals surface area contributed by atoms with Gasteiger partial charge in [-0.2, -0.15) is 5.10 Å². The smallest absolute Gasteiger partial charge is 0.230 e. The Morgan fingerprint density at radius 2 is 1.90 bits per heavy atom. The monoisotopic (exact) mass is 402 g/mol. The lowest BCUT2D eigenvalue weighted by molar-refractivity contribution is -0.118. The van der Waals surface area contributed by atoms with Crippen LogP contribution in [0.15, 0.2) is 72.0 Å². The standard InChI is InChI=1S/C23H22N4OS/c1-16-8-9-19(12-17(16)2)20-13-21-23(24-10-11-27(21)26-20)29-15-22(28)25-14-18-6-4-3-5-7-18/h3-13H,14-15H2,1-2H3,(H,25,28). The van der Waals surface area contributed by atoms with Gasteiger partial charge in [0.15, 0.2) is 0 Å². The van der Waals surface area contributed by atoms with Gasteiger partial charge in [0.05, 0.1) is 17.0 Å². The average Bonchev–Trinajstić information content (AvgIpc) is 3.18. The molecule has 2 aromatic heterocycles. The van der Waals surface area contributed by atoms with Gasteiger partial charge in [0.1, 0.15) is 5.03 Å². The molecule has 146 valence electrons. The second-order valence-electron chi connectivity index (χ2n) is 6.94. The van der Waals surface area contributed by atoms with Crippen LogP contribution in [-0.2, 0) is 11.3 Å². The minimum atomic E-state index is -0.0171. The number of thioether (sulfide) groups is 1. The fourth-order valence-electron chi connectivity index (χ4n) is 3.03. The van der Waals surface area contributed by atoms with Gasteiger partial charge >= 0.3 is 0 Å². The first-order chi connectivity index (χ1) is 14.1. The zero-order chi connectivity index (χ0) is 20.2. The Bertz CT molecular complexity index is 1150. The molecule has 1 N–H and O–H groups in total. The van der Waals surface area contributed by atoms with Crippen LogP contribution < -0.4 is 5.32 Å². The van der Waals surface area contributed by atoms with Crippen LogP contribution in [-0.4, -0.2) is 26.3 Å². The van der Waals surface area contributed by atoms with Crippen molar-refractivity contribution in [1.82, 2.24) is 19.9 Å². The van der Waals surface area contributed by atoms with Gasteiger partial charge in [-0.15, -0.1) is 0 Å². The van der Waals surface area contributed by atoms with Crippen molar-refractivity contribution in [2.45, 2.75) is 25.4 Å². The van der Waals surface area contributed by atoms with Crippen molar-refractivity contribution in [3.05, 3.63) is 83.7 Å². The first-order valence-electron chi connectivity index (χ1n) is 9.45. The van der Waals surface area contributed by atoms with Gasteiger partial charge in [0.2, 0.25) is 5.91 Å². The number of benzene rings is 2. The third-order valence-corrected chi connectivity index (χ3v) is 5.82. The molecular weight excluding hydrogens is 380 g/mol. The number of carbonyl (C=O) groups is 1. The van der Waals surface area contributed by atoms with Gasteiger partial charge < -0.3 is 5.32 Å². The summed E-state index contributed by atoms with van der Waals surface area (Å²) in [6.45, 7) is 4.73. The summed E-state index contributed by atoms with van der Waals surface area (Å²) in [7, 11) is 0. The van der Waals surface area contributed by atoms with E-state index in [9.17, 15) is 4.79 Å². The highest BCUT2D eigenvalue weighted by Gasteiger charge is 2.12. The Morgan fingerprint density at radius 1 is 1.07 bits per heavy atom. The van der Waals surface area contributed by atoms with E-state index in [-0.39, 0.29) is 5.91 Å². The van der Waals surface area contributed by atoms with E-state index in [1.54, 1.807) is 6.20 Å². The molecule has 0 fully saturated rings. The fraction of sp³-hybridized carbons (Fsp3) is 0.174. The Balaban J connectivity index is 1.47. The molecule has 2 aromatic carbocycles. The minimum Gasteiger partial charge on any atom is -0.351 e. The molecular formula is C23H22N4OS. The van der Waals surface area contributed by atoms with Crippen molar-refractivity contribution in [2.24, 2.45) is 0 Å². The van der Waals surface area contributed by atoms with Crippen LogP contribution in [0, 0.1) is 13.8 Å². The van der Waals surface area contributed by atoms with Crippen molar-refractivity contribution in [3.8, 4) is 11.3 Å². The molecule has 0 bridgehead atoms. The van der Waals surface area contributed by atoms with Crippen molar-refractivity contribution in [2.75, 3.05) is 5.75 Å². The Morgan fingerprint density at radius 3 is 2.69 bits per heavy atom. The highest BCUT2D eigenvalue weighted by atomic mass is 32.2. The first-order valence-corrected chi connectivity index (χ1v) is 10.4. The lowest BCUT2D eigenvalue weighted by atomic mass is 10.0. The lowest BCUT2D eigenvalue weighted by Crippen LogP contribution is -2.24. The van der Waals surface area contributed by atoms with Crippen LogP contribution in [0.1, 0.15) is 16.7 Å². The number of nitrogens with one attached hydrogen (secondary N) is 1. The normalized spacial score (nSPS) is 11.0. The summed E-state index contributed by atoms with van der Waals surface area (Å²) < 4.78 is 1.82. The second-order valence-corrected chi connectivity index (χ2v) is 7.91. The molecule has 2 heterocycles. The van der Waals surface area contributed by atoms with E-state index in [0.29, 0.717) is 12.3 Å². The van der Waals surface area contributed by atoms with Gasteiger partial charge in [-0.1, -0.05) is 54.2 Å². The summed E-state index contributed by atoms with van der Waals surface area (Å²) in [5, 5.41) is 8.43. The number of nitrogens with zero attached hydrogens (tertiary/aromatic N) is 3. The number of hydrogen-bond donors (Lipinski definition) is 1. The number of hydrogen-bond acceptors (Lipinski definition) is 4. The van der Waals surface area contributed by atoms with E-state index in [1.165, 1.54) is 22.9 Å². The molecule has 0 aliphatic heterocycles. The fourth-order valence-corrected chi connectivity index (χ4v) is 3.84. The molecule has 0 unspecified atom stereocenters. The highest BCUT2D eigenvalue weighted by Crippen LogP contribution is 2.27. The van der Waals surface area contributed by atoms with Crippen LogP contribution >= 0.6 is 11.8 Å². The van der Waals surface area contributed by atoms with Crippen molar-refractivity contribution >= 4 is 23.2 Å². The Hall–Kier alpha value is -3.12. The maximum absolute atomic E-state index is 12.2. The van der Waals surface area contributed by atoms with Gasteiger partial charge in [0.25, 0.3) is 0 Å². The molecule has 4 rings (SSSR count). The molecule has 29 heavy (non-hydrogen) atoms. The molecule has 6 heteroatoms. The summed E-state index contributed by atoms with van der Waals surface area (Å²) in [5.74, 6) is 0.292. The third-order valence-electron chi connectivity index (χ3n) is 4.83. The van der Waals surface area contributed by atoms with Gasteiger partial charge in [-0.25, -0.2) is 9.50 Å². The topological polar surface area (TPSA) is 59.3 Å². The molecule has 0 radical (unpaired) electrons. The molecule has 0 aliphatic rings. The number of rotatable bonds is 6. The maximum atomic E-state index is 12.2. The van der Waals surface area contributed by atoms with Crippen LogP contribution in [0.3, 0.4) is 0 Å². The highest BCUT2D eigenvalue weighted by molar-refractivity contribution is 8.00.